The van der Waals surface area contributed by atoms with Gasteiger partial charge < -0.3 is 10.2 Å². The lowest BCUT2D eigenvalue weighted by atomic mass is 9.96. The molecule has 0 aliphatic carbocycles. The monoisotopic (exact) mass is 424 g/mol. The van der Waals surface area contributed by atoms with E-state index in [1.54, 1.807) is 12.1 Å². The van der Waals surface area contributed by atoms with Crippen molar-refractivity contribution in [3.05, 3.63) is 70.2 Å². The first-order valence-corrected chi connectivity index (χ1v) is 9.60. The summed E-state index contributed by atoms with van der Waals surface area (Å²) in [6, 6.07) is 11.5. The predicted octanol–water partition coefficient (Wildman–Crippen LogP) is 4.53. The Morgan fingerprint density at radius 3 is 2.55 bits per heavy atom. The molecule has 0 radical (unpaired) electrons. The van der Waals surface area contributed by atoms with Crippen LogP contribution in [0.25, 0.3) is 0 Å². The van der Waals surface area contributed by atoms with Gasteiger partial charge in [0.1, 0.15) is 0 Å². The molecule has 4 nitrogen and oxygen atoms in total. The van der Waals surface area contributed by atoms with Crippen molar-refractivity contribution in [3.63, 3.8) is 0 Å². The zero-order valence-corrected chi connectivity index (χ0v) is 16.3. The summed E-state index contributed by atoms with van der Waals surface area (Å²) < 4.78 is 38.7. The van der Waals surface area contributed by atoms with E-state index >= 15 is 0 Å². The zero-order valence-electron chi connectivity index (χ0n) is 15.5. The second-order valence-electron chi connectivity index (χ2n) is 7.01. The maximum absolute atomic E-state index is 12.9. The van der Waals surface area contributed by atoms with Crippen molar-refractivity contribution >= 4 is 23.4 Å². The fraction of sp³-hybridized carbons (Fsp3) is 0.333. The third kappa shape index (κ3) is 5.50. The van der Waals surface area contributed by atoms with Crippen molar-refractivity contribution in [1.82, 2.24) is 10.2 Å². The molecule has 1 heterocycles. The standard InChI is InChI=1S/C21H20ClF3N2O2/c22-18-8-6-14(7-9-18)12-26-19(28)16-4-2-10-27(13-16)20(29)15-3-1-5-17(11-15)21(23,24)25/h1,3,5-9,11,16H,2,4,10,12-13H2,(H,26,28). The summed E-state index contributed by atoms with van der Waals surface area (Å²) in [5.74, 6) is -1.07. The Morgan fingerprint density at radius 2 is 1.86 bits per heavy atom. The van der Waals surface area contributed by atoms with Gasteiger partial charge in [-0.25, -0.2) is 0 Å². The average molecular weight is 425 g/mol. The highest BCUT2D eigenvalue weighted by molar-refractivity contribution is 6.30. The third-order valence-corrected chi connectivity index (χ3v) is 5.15. The van der Waals surface area contributed by atoms with E-state index in [-0.39, 0.29) is 18.0 Å². The number of amides is 2. The SMILES string of the molecule is O=C(NCc1ccc(Cl)cc1)C1CCCN(C(=O)c2cccc(C(F)(F)F)c2)C1. The van der Waals surface area contributed by atoms with Crippen molar-refractivity contribution in [2.45, 2.75) is 25.6 Å². The van der Waals surface area contributed by atoms with E-state index in [0.29, 0.717) is 31.0 Å². The molecule has 29 heavy (non-hydrogen) atoms. The quantitative estimate of drug-likeness (QED) is 0.784. The van der Waals surface area contributed by atoms with Gasteiger partial charge in [0.2, 0.25) is 5.91 Å². The summed E-state index contributed by atoms with van der Waals surface area (Å²) in [6.45, 7) is 0.936. The number of halogens is 4. The first-order chi connectivity index (χ1) is 13.7. The van der Waals surface area contributed by atoms with E-state index in [1.165, 1.54) is 17.0 Å². The second-order valence-corrected chi connectivity index (χ2v) is 7.45. The molecule has 1 saturated heterocycles. The summed E-state index contributed by atoms with van der Waals surface area (Å²) in [4.78, 5) is 26.6. The molecule has 2 aromatic carbocycles. The number of rotatable bonds is 4. The maximum Gasteiger partial charge on any atom is 0.416 e. The van der Waals surface area contributed by atoms with Crippen LogP contribution in [0.4, 0.5) is 13.2 Å². The van der Waals surface area contributed by atoms with Crippen LogP contribution in [0.5, 0.6) is 0 Å². The molecular formula is C21H20ClF3N2O2. The Bertz CT molecular complexity index is 884. The molecule has 1 unspecified atom stereocenters. The van der Waals surface area contributed by atoms with Crippen LogP contribution in [0.2, 0.25) is 5.02 Å². The van der Waals surface area contributed by atoms with E-state index in [4.69, 9.17) is 11.6 Å². The summed E-state index contributed by atoms with van der Waals surface area (Å²) in [5, 5.41) is 3.46. The molecule has 3 rings (SSSR count). The minimum atomic E-state index is -4.51. The number of likely N-dealkylation sites (tertiary alicyclic amines) is 1. The largest absolute Gasteiger partial charge is 0.416 e. The minimum absolute atomic E-state index is 0.0259. The molecule has 1 fully saturated rings. The molecular weight excluding hydrogens is 405 g/mol. The molecule has 154 valence electrons. The first kappa shape index (κ1) is 21.2. The van der Waals surface area contributed by atoms with Gasteiger partial charge in [-0.1, -0.05) is 29.8 Å². The molecule has 0 saturated carbocycles. The van der Waals surface area contributed by atoms with Gasteiger partial charge in [0.15, 0.2) is 0 Å². The molecule has 0 spiro atoms. The van der Waals surface area contributed by atoms with E-state index in [0.717, 1.165) is 17.7 Å². The van der Waals surface area contributed by atoms with E-state index in [2.05, 4.69) is 5.32 Å². The average Bonchev–Trinajstić information content (AvgIpc) is 2.72. The van der Waals surface area contributed by atoms with Crippen LogP contribution in [0, 0.1) is 5.92 Å². The van der Waals surface area contributed by atoms with Crippen LogP contribution in [0.3, 0.4) is 0 Å². The molecule has 1 N–H and O–H groups in total. The van der Waals surface area contributed by atoms with Crippen molar-refractivity contribution in [2.24, 2.45) is 5.92 Å². The van der Waals surface area contributed by atoms with Gasteiger partial charge in [0, 0.05) is 30.2 Å². The molecule has 1 atom stereocenters. The number of alkyl halides is 3. The highest BCUT2D eigenvalue weighted by Gasteiger charge is 2.33. The fourth-order valence-corrected chi connectivity index (χ4v) is 3.45. The van der Waals surface area contributed by atoms with Crippen LogP contribution in [-0.2, 0) is 17.5 Å². The Morgan fingerprint density at radius 1 is 1.14 bits per heavy atom. The first-order valence-electron chi connectivity index (χ1n) is 9.23. The normalized spacial score (nSPS) is 17.1. The summed E-state index contributed by atoms with van der Waals surface area (Å²) >= 11 is 5.84. The number of hydrogen-bond donors (Lipinski definition) is 1. The summed E-state index contributed by atoms with van der Waals surface area (Å²) in [7, 11) is 0. The van der Waals surface area contributed by atoms with Crippen molar-refractivity contribution in [2.75, 3.05) is 13.1 Å². The minimum Gasteiger partial charge on any atom is -0.352 e. The summed E-state index contributed by atoms with van der Waals surface area (Å²) in [6.07, 6.45) is -3.27. The molecule has 1 aliphatic rings. The smallest absolute Gasteiger partial charge is 0.352 e. The number of benzene rings is 2. The predicted molar refractivity (Wildman–Crippen MR) is 103 cm³/mol. The van der Waals surface area contributed by atoms with Crippen molar-refractivity contribution in [1.29, 1.82) is 0 Å². The van der Waals surface area contributed by atoms with Gasteiger partial charge in [0.05, 0.1) is 11.5 Å². The van der Waals surface area contributed by atoms with Crippen molar-refractivity contribution in [3.8, 4) is 0 Å². The second kappa shape index (κ2) is 8.86. The van der Waals surface area contributed by atoms with Crippen LogP contribution in [0.15, 0.2) is 48.5 Å². The lowest BCUT2D eigenvalue weighted by Crippen LogP contribution is -2.45. The van der Waals surface area contributed by atoms with Crippen LogP contribution < -0.4 is 5.32 Å². The Kier molecular flexibility index (Phi) is 6.47. The molecule has 2 aromatic rings. The Hall–Kier alpha value is -2.54. The lowest BCUT2D eigenvalue weighted by molar-refractivity contribution is -0.137. The maximum atomic E-state index is 12.9. The molecule has 0 aromatic heterocycles. The van der Waals surface area contributed by atoms with Crippen LogP contribution in [0.1, 0.15) is 34.3 Å². The van der Waals surface area contributed by atoms with Gasteiger partial charge in [-0.2, -0.15) is 13.2 Å². The lowest BCUT2D eigenvalue weighted by Gasteiger charge is -2.32. The number of nitrogens with one attached hydrogen (secondary N) is 1. The zero-order chi connectivity index (χ0) is 21.0. The van der Waals surface area contributed by atoms with Crippen LogP contribution >= 0.6 is 11.6 Å². The number of hydrogen-bond acceptors (Lipinski definition) is 2. The highest BCUT2D eigenvalue weighted by atomic mass is 35.5. The summed E-state index contributed by atoms with van der Waals surface area (Å²) in [5.41, 5.74) is 0.00937. The van der Waals surface area contributed by atoms with Gasteiger partial charge >= 0.3 is 6.18 Å². The van der Waals surface area contributed by atoms with E-state index in [9.17, 15) is 22.8 Å². The number of piperidine rings is 1. The Labute approximate surface area is 171 Å². The Balaban J connectivity index is 1.61. The molecule has 8 heteroatoms. The van der Waals surface area contributed by atoms with E-state index in [1.807, 2.05) is 12.1 Å². The van der Waals surface area contributed by atoms with E-state index < -0.39 is 23.6 Å². The fourth-order valence-electron chi connectivity index (χ4n) is 3.32. The van der Waals surface area contributed by atoms with Crippen LogP contribution in [-0.4, -0.2) is 29.8 Å². The topological polar surface area (TPSA) is 49.4 Å². The van der Waals surface area contributed by atoms with Gasteiger partial charge in [-0.3, -0.25) is 9.59 Å². The van der Waals surface area contributed by atoms with Gasteiger partial charge in [-0.15, -0.1) is 0 Å². The number of nitrogens with zero attached hydrogens (tertiary/aromatic N) is 1. The highest BCUT2D eigenvalue weighted by Crippen LogP contribution is 2.30. The molecule has 1 aliphatic heterocycles. The molecule has 2 amide bonds. The molecule has 0 bridgehead atoms. The number of carbonyl (C=O) groups excluding carboxylic acids is 2. The third-order valence-electron chi connectivity index (χ3n) is 4.90. The number of carbonyl (C=O) groups is 2. The van der Waals surface area contributed by atoms with Gasteiger partial charge in [0.25, 0.3) is 5.91 Å². The van der Waals surface area contributed by atoms with Gasteiger partial charge in [-0.05, 0) is 48.7 Å². The van der Waals surface area contributed by atoms with Crippen molar-refractivity contribution < 1.29 is 22.8 Å².